The molecule has 0 bridgehead atoms. The van der Waals surface area contributed by atoms with E-state index in [0.717, 1.165) is 16.6 Å². The van der Waals surface area contributed by atoms with Gasteiger partial charge in [-0.1, -0.05) is 27.5 Å². The number of alkyl halides is 2. The van der Waals surface area contributed by atoms with Crippen LogP contribution in [0.15, 0.2) is 51.8 Å². The standard InChI is InChI=1S/C15H11BrClF2NO4S/c16-9-1-6-13(12(17)7-9)24-8-14(21)20-10-2-4-11(5-3-10)25(22,23)15(18)19/h1-7,15H,8H2,(H,20,21). The third-order valence-electron chi connectivity index (χ3n) is 2.95. The molecule has 0 aliphatic rings. The van der Waals surface area contributed by atoms with Crippen molar-refractivity contribution >= 4 is 49.0 Å². The predicted molar refractivity (Wildman–Crippen MR) is 92.9 cm³/mol. The highest BCUT2D eigenvalue weighted by Gasteiger charge is 2.26. The second kappa shape index (κ2) is 8.11. The molecular formula is C15H11BrClF2NO4S. The number of benzene rings is 2. The number of hydrogen-bond acceptors (Lipinski definition) is 4. The maximum absolute atomic E-state index is 12.4. The smallest absolute Gasteiger partial charge is 0.341 e. The zero-order valence-electron chi connectivity index (χ0n) is 12.4. The van der Waals surface area contributed by atoms with Crippen molar-refractivity contribution in [3.63, 3.8) is 0 Å². The van der Waals surface area contributed by atoms with Gasteiger partial charge < -0.3 is 10.1 Å². The number of ether oxygens (including phenoxy) is 1. The first-order valence-electron chi connectivity index (χ1n) is 6.70. The molecule has 2 aromatic carbocycles. The number of nitrogens with one attached hydrogen (secondary N) is 1. The molecule has 0 fully saturated rings. The summed E-state index contributed by atoms with van der Waals surface area (Å²) in [5.74, 6) is -3.71. The van der Waals surface area contributed by atoms with E-state index in [2.05, 4.69) is 21.2 Å². The van der Waals surface area contributed by atoms with Crippen molar-refractivity contribution in [2.45, 2.75) is 10.7 Å². The summed E-state index contributed by atoms with van der Waals surface area (Å²) in [4.78, 5) is 11.3. The molecular weight excluding hydrogens is 444 g/mol. The van der Waals surface area contributed by atoms with E-state index in [1.54, 1.807) is 18.2 Å². The summed E-state index contributed by atoms with van der Waals surface area (Å²) in [6.45, 7) is -0.335. The molecule has 10 heteroatoms. The Morgan fingerprint density at radius 2 is 1.84 bits per heavy atom. The largest absolute Gasteiger partial charge is 0.482 e. The third-order valence-corrected chi connectivity index (χ3v) is 5.14. The minimum Gasteiger partial charge on any atom is -0.482 e. The van der Waals surface area contributed by atoms with E-state index in [0.29, 0.717) is 10.8 Å². The Balaban J connectivity index is 1.97. The van der Waals surface area contributed by atoms with Crippen molar-refractivity contribution < 1.29 is 26.7 Å². The second-order valence-electron chi connectivity index (χ2n) is 4.74. The van der Waals surface area contributed by atoms with Gasteiger partial charge in [0.05, 0.1) is 9.92 Å². The van der Waals surface area contributed by atoms with Crippen LogP contribution >= 0.6 is 27.5 Å². The predicted octanol–water partition coefficient (Wildman–Crippen LogP) is 4.12. The maximum atomic E-state index is 12.4. The van der Waals surface area contributed by atoms with Gasteiger partial charge in [-0.2, -0.15) is 8.78 Å². The van der Waals surface area contributed by atoms with E-state index in [1.165, 1.54) is 12.1 Å². The van der Waals surface area contributed by atoms with E-state index in [9.17, 15) is 22.0 Å². The Hall–Kier alpha value is -1.71. The van der Waals surface area contributed by atoms with E-state index >= 15 is 0 Å². The van der Waals surface area contributed by atoms with Crippen LogP contribution in [0.25, 0.3) is 0 Å². The lowest BCUT2D eigenvalue weighted by Crippen LogP contribution is -2.20. The van der Waals surface area contributed by atoms with Crippen molar-refractivity contribution in [2.75, 3.05) is 11.9 Å². The van der Waals surface area contributed by atoms with Gasteiger partial charge in [0, 0.05) is 10.2 Å². The molecule has 0 heterocycles. The molecule has 2 rings (SSSR count). The summed E-state index contributed by atoms with van der Waals surface area (Å²) >= 11 is 9.19. The molecule has 5 nitrogen and oxygen atoms in total. The quantitative estimate of drug-likeness (QED) is 0.713. The van der Waals surface area contributed by atoms with Crippen LogP contribution in [-0.4, -0.2) is 26.7 Å². The summed E-state index contributed by atoms with van der Waals surface area (Å²) in [7, 11) is -4.67. The number of halogens is 4. The molecule has 1 N–H and O–H groups in total. The summed E-state index contributed by atoms with van der Waals surface area (Å²) in [6, 6.07) is 9.29. The first-order chi connectivity index (χ1) is 11.7. The monoisotopic (exact) mass is 453 g/mol. The lowest BCUT2D eigenvalue weighted by atomic mass is 10.3. The van der Waals surface area contributed by atoms with Crippen LogP contribution in [0.3, 0.4) is 0 Å². The highest BCUT2D eigenvalue weighted by Crippen LogP contribution is 2.27. The summed E-state index contributed by atoms with van der Waals surface area (Å²) in [5.41, 5.74) is 0.240. The molecule has 134 valence electrons. The van der Waals surface area contributed by atoms with Crippen LogP contribution in [0.2, 0.25) is 5.02 Å². The van der Waals surface area contributed by atoms with E-state index in [4.69, 9.17) is 16.3 Å². The minimum atomic E-state index is -4.67. The molecule has 0 aromatic heterocycles. The van der Waals surface area contributed by atoms with Gasteiger partial charge in [0.15, 0.2) is 6.61 Å². The fourth-order valence-electron chi connectivity index (χ4n) is 1.76. The SMILES string of the molecule is O=C(COc1ccc(Br)cc1Cl)Nc1ccc(S(=O)(=O)C(F)F)cc1. The third kappa shape index (κ3) is 5.13. The molecule has 0 saturated heterocycles. The Morgan fingerprint density at radius 3 is 2.40 bits per heavy atom. The molecule has 0 radical (unpaired) electrons. The minimum absolute atomic E-state index is 0.240. The number of amides is 1. The van der Waals surface area contributed by atoms with E-state index in [1.807, 2.05) is 0 Å². The average molecular weight is 455 g/mol. The van der Waals surface area contributed by atoms with E-state index < -0.39 is 26.4 Å². The molecule has 0 atom stereocenters. The molecule has 0 spiro atoms. The Morgan fingerprint density at radius 1 is 1.20 bits per heavy atom. The summed E-state index contributed by atoms with van der Waals surface area (Å²) in [5, 5.41) is 2.78. The zero-order valence-corrected chi connectivity index (χ0v) is 15.5. The van der Waals surface area contributed by atoms with Crippen molar-refractivity contribution in [3.8, 4) is 5.75 Å². The molecule has 25 heavy (non-hydrogen) atoms. The van der Waals surface area contributed by atoms with Gasteiger partial charge >= 0.3 is 5.76 Å². The van der Waals surface area contributed by atoms with Crippen LogP contribution in [0.1, 0.15) is 0 Å². The number of carbonyl (C=O) groups excluding carboxylic acids is 1. The van der Waals surface area contributed by atoms with Gasteiger partial charge in [-0.3, -0.25) is 4.79 Å². The highest BCUT2D eigenvalue weighted by atomic mass is 79.9. The van der Waals surface area contributed by atoms with Crippen LogP contribution in [0, 0.1) is 0 Å². The van der Waals surface area contributed by atoms with Crippen molar-refractivity contribution in [1.29, 1.82) is 0 Å². The number of sulfone groups is 1. The fraction of sp³-hybridized carbons (Fsp3) is 0.133. The Kier molecular flexibility index (Phi) is 6.36. The second-order valence-corrected chi connectivity index (χ2v) is 7.98. The first-order valence-corrected chi connectivity index (χ1v) is 9.41. The van der Waals surface area contributed by atoms with Gasteiger partial charge in [0.2, 0.25) is 9.84 Å². The lowest BCUT2D eigenvalue weighted by molar-refractivity contribution is -0.118. The van der Waals surface area contributed by atoms with Gasteiger partial charge in [-0.25, -0.2) is 8.42 Å². The fourth-order valence-corrected chi connectivity index (χ4v) is 3.21. The van der Waals surface area contributed by atoms with Crippen LogP contribution in [0.5, 0.6) is 5.75 Å². The van der Waals surface area contributed by atoms with Crippen molar-refractivity contribution in [2.24, 2.45) is 0 Å². The van der Waals surface area contributed by atoms with Crippen LogP contribution in [0.4, 0.5) is 14.5 Å². The van der Waals surface area contributed by atoms with Gasteiger partial charge in [-0.15, -0.1) is 0 Å². The molecule has 2 aromatic rings. The number of hydrogen-bond donors (Lipinski definition) is 1. The van der Waals surface area contributed by atoms with Gasteiger partial charge in [0.1, 0.15) is 5.75 Å². The lowest BCUT2D eigenvalue weighted by Gasteiger charge is -2.09. The highest BCUT2D eigenvalue weighted by molar-refractivity contribution is 9.10. The number of rotatable bonds is 6. The van der Waals surface area contributed by atoms with Gasteiger partial charge in [0.25, 0.3) is 5.91 Å². The summed E-state index contributed by atoms with van der Waals surface area (Å²) in [6.07, 6.45) is 0. The molecule has 0 saturated carbocycles. The molecule has 0 aliphatic heterocycles. The van der Waals surface area contributed by atoms with Crippen LogP contribution < -0.4 is 10.1 Å². The van der Waals surface area contributed by atoms with Crippen molar-refractivity contribution in [1.82, 2.24) is 0 Å². The van der Waals surface area contributed by atoms with Gasteiger partial charge in [-0.05, 0) is 42.5 Å². The molecule has 0 aliphatic carbocycles. The number of carbonyl (C=O) groups is 1. The van der Waals surface area contributed by atoms with Crippen molar-refractivity contribution in [3.05, 3.63) is 52.0 Å². The first kappa shape index (κ1) is 19.6. The normalized spacial score (nSPS) is 11.4. The Labute approximate surface area is 156 Å². The zero-order chi connectivity index (χ0) is 18.6. The van der Waals surface area contributed by atoms with E-state index in [-0.39, 0.29) is 12.3 Å². The Bertz CT molecular complexity index is 876. The number of anilines is 1. The molecule has 0 unspecified atom stereocenters. The summed E-state index contributed by atoms with van der Waals surface area (Å²) < 4.78 is 53.5. The topological polar surface area (TPSA) is 72.5 Å². The van der Waals surface area contributed by atoms with Crippen LogP contribution in [-0.2, 0) is 14.6 Å². The maximum Gasteiger partial charge on any atom is 0.341 e. The molecule has 1 amide bonds. The average Bonchev–Trinajstić information content (AvgIpc) is 2.54.